The van der Waals surface area contributed by atoms with E-state index in [1.807, 2.05) is 37.3 Å². The monoisotopic (exact) mass is 557 g/mol. The maximum atomic E-state index is 13.1. The topological polar surface area (TPSA) is 175 Å². The summed E-state index contributed by atoms with van der Waals surface area (Å²) in [5, 5.41) is 21.7. The number of fused-ring (bicyclic) bond motifs is 1. The Morgan fingerprint density at radius 1 is 1.18 bits per heavy atom. The first kappa shape index (κ1) is 30.4. The number of aryl methyl sites for hydroxylation is 1. The highest BCUT2D eigenvalue weighted by Crippen LogP contribution is 2.34. The van der Waals surface area contributed by atoms with E-state index < -0.39 is 24.2 Å². The fourth-order valence-electron chi connectivity index (χ4n) is 3.23. The van der Waals surface area contributed by atoms with E-state index in [0.29, 0.717) is 18.1 Å². The van der Waals surface area contributed by atoms with E-state index in [1.54, 1.807) is 11.0 Å². The van der Waals surface area contributed by atoms with Crippen LogP contribution in [0, 0.1) is 6.92 Å². The number of hydrogen-bond donors (Lipinski definition) is 5. The number of anilines is 2. The van der Waals surface area contributed by atoms with Crippen molar-refractivity contribution < 1.29 is 42.6 Å². The molecule has 0 spiro atoms. The number of nitrogens with zero attached hydrogens (tertiary/aromatic N) is 2. The molecule has 1 aromatic heterocycles. The Hall–Kier alpha value is -3.85. The number of carboxylic acid groups (broad SMARTS) is 2. The molecule has 0 saturated heterocycles. The molecular formula is C23H26F3N5O6S. The standard InChI is InChI=1S/C21H25N5O4S.C2HF3O2/c1-13-14(6-7-18(22)25-13)10-24-19(27)8-9-26-16-4-2-3-5-17(16)31-12-15(21(26)30)23-11-20(28)29;3-2(4,5)1(6)7/h2-7,15,23H,8-12H2,1H3,(H2,22,25)(H,24,27)(H,28,29);(H,6,7)/t15-;/m1./s1. The van der Waals surface area contributed by atoms with E-state index >= 15 is 0 Å². The number of rotatable bonds is 8. The Kier molecular flexibility index (Phi) is 10.9. The number of amides is 2. The second-order valence-corrected chi connectivity index (χ2v) is 8.97. The minimum Gasteiger partial charge on any atom is -0.480 e. The van der Waals surface area contributed by atoms with Crippen molar-refractivity contribution in [3.8, 4) is 0 Å². The zero-order chi connectivity index (χ0) is 28.5. The fraction of sp³-hybridized carbons (Fsp3) is 0.348. The normalized spacial score (nSPS) is 15.0. The zero-order valence-corrected chi connectivity index (χ0v) is 20.9. The molecule has 1 aromatic carbocycles. The van der Waals surface area contributed by atoms with E-state index in [-0.39, 0.29) is 31.3 Å². The van der Waals surface area contributed by atoms with Crippen LogP contribution in [0.2, 0.25) is 0 Å². The SMILES string of the molecule is Cc1nc(N)ccc1CNC(=O)CCN1C(=O)[C@H](NCC(=O)O)CSc2ccccc21.O=C(O)C(F)(F)F. The highest BCUT2D eigenvalue weighted by Gasteiger charge is 2.38. The molecule has 1 aliphatic heterocycles. The number of carbonyl (C=O) groups excluding carboxylic acids is 2. The van der Waals surface area contributed by atoms with Crippen LogP contribution < -0.4 is 21.3 Å². The van der Waals surface area contributed by atoms with Crippen LogP contribution >= 0.6 is 11.8 Å². The molecule has 11 nitrogen and oxygen atoms in total. The number of alkyl halides is 3. The third-order valence-corrected chi connectivity index (χ3v) is 6.28. The van der Waals surface area contributed by atoms with E-state index in [4.69, 9.17) is 20.7 Å². The average molecular weight is 558 g/mol. The number of benzene rings is 1. The molecule has 38 heavy (non-hydrogen) atoms. The van der Waals surface area contributed by atoms with Crippen molar-refractivity contribution >= 4 is 47.0 Å². The molecule has 0 fully saturated rings. The lowest BCUT2D eigenvalue weighted by Gasteiger charge is -2.25. The van der Waals surface area contributed by atoms with Gasteiger partial charge in [-0.25, -0.2) is 9.78 Å². The molecule has 2 amide bonds. The summed E-state index contributed by atoms with van der Waals surface area (Å²) in [5.41, 5.74) is 8.00. The summed E-state index contributed by atoms with van der Waals surface area (Å²) < 4.78 is 31.7. The average Bonchev–Trinajstić information content (AvgIpc) is 2.96. The van der Waals surface area contributed by atoms with Gasteiger partial charge in [-0.3, -0.25) is 19.7 Å². The predicted molar refractivity (Wildman–Crippen MR) is 132 cm³/mol. The van der Waals surface area contributed by atoms with Crippen molar-refractivity contribution in [2.45, 2.75) is 37.0 Å². The molecule has 15 heteroatoms. The lowest BCUT2D eigenvalue weighted by Crippen LogP contribution is -2.49. The number of pyridine rings is 1. The molecule has 0 radical (unpaired) electrons. The Morgan fingerprint density at radius 3 is 2.45 bits per heavy atom. The quantitative estimate of drug-likeness (QED) is 0.322. The lowest BCUT2D eigenvalue weighted by molar-refractivity contribution is -0.192. The third-order valence-electron chi connectivity index (χ3n) is 5.12. The first-order valence-corrected chi connectivity index (χ1v) is 12.0. The minimum absolute atomic E-state index is 0.109. The molecule has 2 aromatic rings. The molecule has 0 aliphatic carbocycles. The number of aliphatic carboxylic acids is 2. The van der Waals surface area contributed by atoms with Gasteiger partial charge in [0.25, 0.3) is 0 Å². The summed E-state index contributed by atoms with van der Waals surface area (Å²) in [4.78, 5) is 52.0. The summed E-state index contributed by atoms with van der Waals surface area (Å²) >= 11 is 1.49. The Bertz CT molecular complexity index is 1180. The van der Waals surface area contributed by atoms with E-state index in [1.165, 1.54) is 11.8 Å². The second kappa shape index (κ2) is 13.6. The van der Waals surface area contributed by atoms with Gasteiger partial charge in [-0.2, -0.15) is 13.2 Å². The van der Waals surface area contributed by atoms with Crippen LogP contribution in [0.25, 0.3) is 0 Å². The van der Waals surface area contributed by atoms with Gasteiger partial charge >= 0.3 is 18.1 Å². The second-order valence-electron chi connectivity index (χ2n) is 7.91. The first-order chi connectivity index (χ1) is 17.8. The maximum absolute atomic E-state index is 13.1. The van der Waals surface area contributed by atoms with Gasteiger partial charge in [0.05, 0.1) is 18.3 Å². The van der Waals surface area contributed by atoms with Crippen molar-refractivity contribution in [2.24, 2.45) is 0 Å². The van der Waals surface area contributed by atoms with Crippen molar-refractivity contribution in [3.63, 3.8) is 0 Å². The minimum atomic E-state index is -5.08. The Labute approximate surface area is 219 Å². The van der Waals surface area contributed by atoms with Crippen molar-refractivity contribution in [1.82, 2.24) is 15.6 Å². The van der Waals surface area contributed by atoms with Crippen LogP contribution in [0.3, 0.4) is 0 Å². The van der Waals surface area contributed by atoms with Gasteiger partial charge in [0.1, 0.15) is 5.82 Å². The molecule has 6 N–H and O–H groups in total. The van der Waals surface area contributed by atoms with Crippen LogP contribution in [0.1, 0.15) is 17.7 Å². The maximum Gasteiger partial charge on any atom is 0.490 e. The number of nitrogens with two attached hydrogens (primary N) is 1. The first-order valence-electron chi connectivity index (χ1n) is 11.1. The van der Waals surface area contributed by atoms with Crippen molar-refractivity contribution in [1.29, 1.82) is 0 Å². The smallest absolute Gasteiger partial charge is 0.480 e. The summed E-state index contributed by atoms with van der Waals surface area (Å²) in [6.07, 6.45) is -4.97. The molecular weight excluding hydrogens is 531 g/mol. The molecule has 2 heterocycles. The number of carbonyl (C=O) groups is 4. The van der Waals surface area contributed by atoms with Gasteiger partial charge in [-0.1, -0.05) is 18.2 Å². The van der Waals surface area contributed by atoms with Crippen LogP contribution in [-0.4, -0.2) is 70.0 Å². The summed E-state index contributed by atoms with van der Waals surface area (Å²) in [7, 11) is 0. The number of thioether (sulfide) groups is 1. The number of nitrogen functional groups attached to an aromatic ring is 1. The number of aromatic nitrogens is 1. The molecule has 1 aliphatic rings. The van der Waals surface area contributed by atoms with Gasteiger partial charge in [0, 0.05) is 35.9 Å². The third kappa shape index (κ3) is 9.23. The van der Waals surface area contributed by atoms with Crippen LogP contribution in [0.5, 0.6) is 0 Å². The van der Waals surface area contributed by atoms with E-state index in [9.17, 15) is 27.6 Å². The van der Waals surface area contributed by atoms with Gasteiger partial charge < -0.3 is 26.2 Å². The molecule has 206 valence electrons. The summed E-state index contributed by atoms with van der Waals surface area (Å²) in [6, 6.07) is 10.3. The van der Waals surface area contributed by atoms with Gasteiger partial charge in [0.2, 0.25) is 11.8 Å². The number of nitrogens with one attached hydrogen (secondary N) is 2. The van der Waals surface area contributed by atoms with E-state index in [0.717, 1.165) is 21.8 Å². The van der Waals surface area contributed by atoms with Crippen LogP contribution in [-0.2, 0) is 25.7 Å². The van der Waals surface area contributed by atoms with Gasteiger partial charge in [0.15, 0.2) is 0 Å². The predicted octanol–water partition coefficient (Wildman–Crippen LogP) is 1.79. The number of halogens is 3. The van der Waals surface area contributed by atoms with Crippen LogP contribution in [0.4, 0.5) is 24.7 Å². The van der Waals surface area contributed by atoms with Crippen molar-refractivity contribution in [3.05, 3.63) is 47.7 Å². The largest absolute Gasteiger partial charge is 0.490 e. The molecule has 0 saturated carbocycles. The zero-order valence-electron chi connectivity index (χ0n) is 20.1. The van der Waals surface area contributed by atoms with Crippen molar-refractivity contribution in [2.75, 3.05) is 29.5 Å². The Balaban J connectivity index is 0.000000638. The molecule has 0 unspecified atom stereocenters. The molecule has 0 bridgehead atoms. The summed E-state index contributed by atoms with van der Waals surface area (Å²) in [6.45, 7) is 2.02. The van der Waals surface area contributed by atoms with Gasteiger partial charge in [-0.15, -0.1) is 11.8 Å². The molecule has 1 atom stereocenters. The molecule has 3 rings (SSSR count). The fourth-order valence-corrected chi connectivity index (χ4v) is 4.34. The summed E-state index contributed by atoms with van der Waals surface area (Å²) in [5.74, 6) is -3.39. The van der Waals surface area contributed by atoms with Crippen LogP contribution in [0.15, 0.2) is 41.3 Å². The number of para-hydroxylation sites is 1. The number of carboxylic acids is 2. The highest BCUT2D eigenvalue weighted by atomic mass is 32.2. The Morgan fingerprint density at radius 2 is 1.84 bits per heavy atom. The van der Waals surface area contributed by atoms with E-state index in [2.05, 4.69) is 15.6 Å². The van der Waals surface area contributed by atoms with Gasteiger partial charge in [-0.05, 0) is 30.7 Å². The lowest BCUT2D eigenvalue weighted by atomic mass is 10.2. The number of hydrogen-bond acceptors (Lipinski definition) is 8. The highest BCUT2D eigenvalue weighted by molar-refractivity contribution is 7.99.